The number of allylic oxidation sites excluding steroid dienone is 3. The molecule has 0 amide bonds. The van der Waals surface area contributed by atoms with Gasteiger partial charge in [-0.15, -0.1) is 0 Å². The molecule has 196 valence electrons. The highest BCUT2D eigenvalue weighted by atomic mass is 16.6. The molecule has 1 aliphatic heterocycles. The van der Waals surface area contributed by atoms with Crippen molar-refractivity contribution < 1.29 is 33.3 Å². The number of hydrogen-bond donors (Lipinski definition) is 1. The second kappa shape index (κ2) is 11.5. The van der Waals surface area contributed by atoms with E-state index in [1.54, 1.807) is 19.2 Å². The van der Waals surface area contributed by atoms with E-state index in [2.05, 4.69) is 5.32 Å². The Morgan fingerprint density at radius 2 is 1.59 bits per heavy atom. The van der Waals surface area contributed by atoms with Crippen molar-refractivity contribution in [2.24, 2.45) is 0 Å². The van der Waals surface area contributed by atoms with E-state index in [4.69, 9.17) is 23.7 Å². The molecule has 1 N–H and O–H groups in total. The largest absolute Gasteiger partial charge is 0.493 e. The predicted octanol–water partition coefficient (Wildman–Crippen LogP) is 4.26. The maximum atomic E-state index is 13.8. The van der Waals surface area contributed by atoms with Crippen LogP contribution in [0.5, 0.6) is 17.2 Å². The molecule has 8 nitrogen and oxygen atoms in total. The second-order valence-electron chi connectivity index (χ2n) is 9.02. The van der Waals surface area contributed by atoms with Gasteiger partial charge in [0, 0.05) is 36.4 Å². The summed E-state index contributed by atoms with van der Waals surface area (Å²) in [5.74, 6) is 0.162. The van der Waals surface area contributed by atoms with Gasteiger partial charge < -0.3 is 29.0 Å². The van der Waals surface area contributed by atoms with Crippen molar-refractivity contribution in [2.75, 3.05) is 41.7 Å². The van der Waals surface area contributed by atoms with E-state index in [-0.39, 0.29) is 24.9 Å². The molecule has 0 spiro atoms. The van der Waals surface area contributed by atoms with Crippen LogP contribution in [-0.4, -0.2) is 53.4 Å². The van der Waals surface area contributed by atoms with E-state index < -0.39 is 11.9 Å². The molecule has 0 saturated heterocycles. The highest BCUT2D eigenvalue weighted by molar-refractivity contribution is 6.04. The number of dihydropyridines is 1. The van der Waals surface area contributed by atoms with Gasteiger partial charge in [-0.3, -0.25) is 4.79 Å². The van der Waals surface area contributed by atoms with Gasteiger partial charge in [-0.25, -0.2) is 4.79 Å². The molecule has 4 rings (SSSR count). The zero-order chi connectivity index (χ0) is 26.5. The molecule has 2 unspecified atom stereocenters. The van der Waals surface area contributed by atoms with E-state index in [0.29, 0.717) is 52.5 Å². The van der Waals surface area contributed by atoms with Crippen molar-refractivity contribution in [3.63, 3.8) is 0 Å². The number of hydrogen-bond acceptors (Lipinski definition) is 8. The molecule has 2 atom stereocenters. The lowest BCUT2D eigenvalue weighted by atomic mass is 9.71. The molecule has 0 saturated carbocycles. The van der Waals surface area contributed by atoms with Crippen LogP contribution in [0.3, 0.4) is 0 Å². The van der Waals surface area contributed by atoms with E-state index in [1.165, 1.54) is 21.3 Å². The van der Waals surface area contributed by atoms with Gasteiger partial charge in [-0.2, -0.15) is 0 Å². The quantitative estimate of drug-likeness (QED) is 0.398. The monoisotopic (exact) mass is 507 g/mol. The lowest BCUT2D eigenvalue weighted by Crippen LogP contribution is -2.36. The normalized spacial score (nSPS) is 19.2. The van der Waals surface area contributed by atoms with Gasteiger partial charge in [0.25, 0.3) is 0 Å². The fourth-order valence-corrected chi connectivity index (χ4v) is 5.17. The van der Waals surface area contributed by atoms with E-state index >= 15 is 0 Å². The smallest absolute Gasteiger partial charge is 0.336 e. The lowest BCUT2D eigenvalue weighted by molar-refractivity contribution is -0.140. The summed E-state index contributed by atoms with van der Waals surface area (Å²) in [5, 5.41) is 3.37. The number of benzene rings is 2. The number of ketones is 1. The molecule has 2 aromatic carbocycles. The Balaban J connectivity index is 1.85. The summed E-state index contributed by atoms with van der Waals surface area (Å²) < 4.78 is 27.2. The Morgan fingerprint density at radius 1 is 0.919 bits per heavy atom. The van der Waals surface area contributed by atoms with Crippen LogP contribution in [0.1, 0.15) is 42.7 Å². The van der Waals surface area contributed by atoms with Gasteiger partial charge in [0.15, 0.2) is 17.3 Å². The number of nitrogens with one attached hydrogen (secondary N) is 1. The molecule has 0 aromatic heterocycles. The SMILES string of the molecule is COCCOC(=O)C1=C(C)NC2=C(C(=O)CC(c3ccccc3)C2)C1c1cc(OC)c(OC)c(OC)c1. The standard InChI is InChI=1S/C29H33NO7/c1-17-25(29(32)37-12-11-33-2)26(20-15-23(34-3)28(36-5)24(16-20)35-4)27-21(30-17)13-19(14-22(27)31)18-9-7-6-8-10-18/h6-10,15-16,19,26,30H,11-14H2,1-5H3. The summed E-state index contributed by atoms with van der Waals surface area (Å²) in [7, 11) is 6.14. The van der Waals surface area contributed by atoms with Crippen molar-refractivity contribution >= 4 is 11.8 Å². The number of methoxy groups -OCH3 is 4. The summed E-state index contributed by atoms with van der Waals surface area (Å²) >= 11 is 0. The topological polar surface area (TPSA) is 92.3 Å². The average molecular weight is 508 g/mol. The second-order valence-corrected chi connectivity index (χ2v) is 9.02. The van der Waals surface area contributed by atoms with Gasteiger partial charge in [0.05, 0.1) is 33.5 Å². The number of esters is 1. The third-order valence-electron chi connectivity index (χ3n) is 6.86. The molecular formula is C29H33NO7. The Labute approximate surface area is 217 Å². The van der Waals surface area contributed by atoms with Crippen LogP contribution < -0.4 is 19.5 Å². The molecule has 0 bridgehead atoms. The number of Topliss-reactive ketones (excluding diaryl/α,β-unsaturated/α-hetero) is 1. The minimum Gasteiger partial charge on any atom is -0.493 e. The molecule has 0 radical (unpaired) electrons. The highest BCUT2D eigenvalue weighted by Crippen LogP contribution is 2.49. The molecule has 8 heteroatoms. The Bertz CT molecular complexity index is 1210. The maximum absolute atomic E-state index is 13.8. The summed E-state index contributed by atoms with van der Waals surface area (Å²) in [5.41, 5.74) is 4.17. The van der Waals surface area contributed by atoms with Gasteiger partial charge in [0.2, 0.25) is 5.75 Å². The van der Waals surface area contributed by atoms with Crippen LogP contribution in [-0.2, 0) is 19.1 Å². The first-order chi connectivity index (χ1) is 17.9. The van der Waals surface area contributed by atoms with Crippen molar-refractivity contribution in [1.29, 1.82) is 0 Å². The van der Waals surface area contributed by atoms with E-state index in [0.717, 1.165) is 11.3 Å². The first-order valence-electron chi connectivity index (χ1n) is 12.2. The summed E-state index contributed by atoms with van der Waals surface area (Å²) in [6.45, 7) is 2.20. The third-order valence-corrected chi connectivity index (χ3v) is 6.86. The summed E-state index contributed by atoms with van der Waals surface area (Å²) in [4.78, 5) is 27.2. The first-order valence-corrected chi connectivity index (χ1v) is 12.2. The maximum Gasteiger partial charge on any atom is 0.336 e. The highest BCUT2D eigenvalue weighted by Gasteiger charge is 2.42. The minimum atomic E-state index is -0.663. The molecule has 0 fully saturated rings. The number of carbonyl (C=O) groups is 2. The Kier molecular flexibility index (Phi) is 8.18. The van der Waals surface area contributed by atoms with Gasteiger partial charge in [-0.05, 0) is 42.5 Å². The van der Waals surface area contributed by atoms with Crippen LogP contribution in [0.15, 0.2) is 65.0 Å². The fraction of sp³-hybridized carbons (Fsp3) is 0.379. The molecular weight excluding hydrogens is 474 g/mol. The van der Waals surface area contributed by atoms with Crippen molar-refractivity contribution in [2.45, 2.75) is 31.6 Å². The van der Waals surface area contributed by atoms with Crippen LogP contribution >= 0.6 is 0 Å². The van der Waals surface area contributed by atoms with Crippen LogP contribution in [0.2, 0.25) is 0 Å². The zero-order valence-electron chi connectivity index (χ0n) is 21.9. The Morgan fingerprint density at radius 3 is 2.19 bits per heavy atom. The van der Waals surface area contributed by atoms with Gasteiger partial charge in [0.1, 0.15) is 6.61 Å². The Hall–Kier alpha value is -3.78. The molecule has 1 aliphatic carbocycles. The van der Waals surface area contributed by atoms with Crippen molar-refractivity contribution in [1.82, 2.24) is 5.32 Å². The third kappa shape index (κ3) is 5.20. The lowest BCUT2D eigenvalue weighted by Gasteiger charge is -2.37. The first kappa shape index (κ1) is 26.3. The summed E-state index contributed by atoms with van der Waals surface area (Å²) in [6, 6.07) is 13.6. The van der Waals surface area contributed by atoms with Crippen LogP contribution in [0.25, 0.3) is 0 Å². The fourth-order valence-electron chi connectivity index (χ4n) is 5.17. The van der Waals surface area contributed by atoms with E-state index in [9.17, 15) is 9.59 Å². The molecule has 1 heterocycles. The minimum absolute atomic E-state index is 0.0175. The van der Waals surface area contributed by atoms with Crippen LogP contribution in [0.4, 0.5) is 0 Å². The zero-order valence-corrected chi connectivity index (χ0v) is 21.9. The van der Waals surface area contributed by atoms with Crippen molar-refractivity contribution in [3.05, 3.63) is 76.1 Å². The average Bonchev–Trinajstić information content (AvgIpc) is 2.91. The van der Waals surface area contributed by atoms with Crippen LogP contribution in [0, 0.1) is 0 Å². The number of rotatable bonds is 9. The molecule has 37 heavy (non-hydrogen) atoms. The van der Waals surface area contributed by atoms with Gasteiger partial charge >= 0.3 is 5.97 Å². The number of ether oxygens (including phenoxy) is 5. The predicted molar refractivity (Wildman–Crippen MR) is 138 cm³/mol. The summed E-state index contributed by atoms with van der Waals surface area (Å²) in [6.07, 6.45) is 0.992. The number of carbonyl (C=O) groups excluding carboxylic acids is 2. The van der Waals surface area contributed by atoms with Crippen molar-refractivity contribution in [3.8, 4) is 17.2 Å². The molecule has 2 aliphatic rings. The molecule has 2 aromatic rings. The van der Waals surface area contributed by atoms with E-state index in [1.807, 2.05) is 37.3 Å². The van der Waals surface area contributed by atoms with Gasteiger partial charge in [-0.1, -0.05) is 30.3 Å².